The summed E-state index contributed by atoms with van der Waals surface area (Å²) in [4.78, 5) is 75.0. The normalized spacial score (nSPS) is 21.0. The smallest absolute Gasteiger partial charge is 0.407 e. The average Bonchev–Trinajstić information content (AvgIpc) is 3.62. The molecular weight excluding hydrogens is 652 g/mol. The average molecular weight is 690 g/mol. The quantitative estimate of drug-likeness (QED) is 0.249. The Hall–Kier alpha value is -5.47. The first-order valence-electron chi connectivity index (χ1n) is 16.5. The second-order valence-electron chi connectivity index (χ2n) is 12.8. The first-order chi connectivity index (χ1) is 24.0. The van der Waals surface area contributed by atoms with E-state index in [0.717, 1.165) is 22.6 Å². The number of carbonyl (C=O) groups excluding carboxylic acids is 4. The Bertz CT molecular complexity index is 1870. The van der Waals surface area contributed by atoms with E-state index < -0.39 is 66.4 Å². The number of pyridine rings is 2. The first kappa shape index (κ1) is 34.4. The number of rotatable bonds is 10. The van der Waals surface area contributed by atoms with Crippen molar-refractivity contribution < 1.29 is 37.9 Å². The highest BCUT2D eigenvalue weighted by molar-refractivity contribution is 5.98. The number of alkyl halides is 1. The number of benzene rings is 1. The van der Waals surface area contributed by atoms with Crippen molar-refractivity contribution in [2.45, 2.75) is 63.3 Å². The molecule has 0 spiro atoms. The number of nitrogens with zero attached hydrogens (tertiary/aromatic N) is 4. The zero-order valence-electron chi connectivity index (χ0n) is 27.3. The van der Waals surface area contributed by atoms with Crippen LogP contribution in [0.1, 0.15) is 66.8 Å². The van der Waals surface area contributed by atoms with Crippen molar-refractivity contribution in [1.29, 1.82) is 0 Å². The van der Waals surface area contributed by atoms with Crippen LogP contribution in [0.15, 0.2) is 48.5 Å². The number of amides is 5. The van der Waals surface area contributed by atoms with E-state index in [1.165, 1.54) is 30.3 Å². The van der Waals surface area contributed by atoms with Gasteiger partial charge in [0, 0.05) is 18.4 Å². The van der Waals surface area contributed by atoms with Gasteiger partial charge in [0.15, 0.2) is 0 Å². The van der Waals surface area contributed by atoms with E-state index in [1.54, 1.807) is 19.1 Å². The molecule has 1 aliphatic carbocycles. The molecule has 0 unspecified atom stereocenters. The molecule has 50 heavy (non-hydrogen) atoms. The Kier molecular flexibility index (Phi) is 10.0. The van der Waals surface area contributed by atoms with Gasteiger partial charge in [-0.15, -0.1) is 0 Å². The number of hydrogen-bond donors (Lipinski definition) is 4. The van der Waals surface area contributed by atoms with Crippen LogP contribution in [0.25, 0.3) is 17.0 Å². The molecule has 0 radical (unpaired) electrons. The molecule has 0 bridgehead atoms. The van der Waals surface area contributed by atoms with Gasteiger partial charge in [-0.05, 0) is 80.5 Å². The summed E-state index contributed by atoms with van der Waals surface area (Å²) < 4.78 is 28.2. The summed E-state index contributed by atoms with van der Waals surface area (Å²) in [5.74, 6) is -2.26. The van der Waals surface area contributed by atoms with Gasteiger partial charge >= 0.3 is 6.09 Å². The van der Waals surface area contributed by atoms with Crippen molar-refractivity contribution in [2.75, 3.05) is 25.0 Å². The van der Waals surface area contributed by atoms with Crippen LogP contribution in [0, 0.1) is 11.7 Å². The molecule has 13 nitrogen and oxygen atoms in total. The fourth-order valence-corrected chi connectivity index (χ4v) is 6.31. The molecule has 4 atom stereocenters. The van der Waals surface area contributed by atoms with Crippen LogP contribution < -0.4 is 16.0 Å². The van der Waals surface area contributed by atoms with Gasteiger partial charge in [-0.1, -0.05) is 18.2 Å². The van der Waals surface area contributed by atoms with Crippen molar-refractivity contribution in [3.8, 4) is 0 Å². The molecule has 1 aromatic carbocycles. The van der Waals surface area contributed by atoms with Crippen molar-refractivity contribution in [2.24, 2.45) is 5.92 Å². The number of halogens is 2. The van der Waals surface area contributed by atoms with Crippen LogP contribution in [0.5, 0.6) is 0 Å². The fourth-order valence-electron chi connectivity index (χ4n) is 6.31. The standard InChI is InChI=1S/C35H37F2N7O6/c1-19(31-21(7-6-20-4-5-20)9-13-29(41-31)42-33(47)27-3-2-14-43(27)35(49)50)39-34(48)28-16-24(37)18-44(28)30(45)17-38-32(46)26-11-8-22-15-23(36)10-12-25(22)40-26/h6-13,15,19-20,24,27-28H,2-5,14,16-18H2,1H3,(H,38,46)(H,39,48)(H,49,50)(H,41,42,47)/b7-6+/t19-,24-,27+,28+/m1/s1. The third-order valence-corrected chi connectivity index (χ3v) is 9.11. The van der Waals surface area contributed by atoms with Gasteiger partial charge in [-0.2, -0.15) is 0 Å². The van der Waals surface area contributed by atoms with Crippen LogP contribution in [0.4, 0.5) is 19.4 Å². The second-order valence-corrected chi connectivity index (χ2v) is 12.8. The summed E-state index contributed by atoms with van der Waals surface area (Å²) in [5.41, 5.74) is 1.50. The zero-order valence-corrected chi connectivity index (χ0v) is 27.3. The van der Waals surface area contributed by atoms with Gasteiger partial charge < -0.3 is 26.0 Å². The largest absolute Gasteiger partial charge is 0.465 e. The van der Waals surface area contributed by atoms with Crippen molar-refractivity contribution in [1.82, 2.24) is 30.4 Å². The van der Waals surface area contributed by atoms with Gasteiger partial charge in [-0.25, -0.2) is 23.5 Å². The van der Waals surface area contributed by atoms with Crippen LogP contribution >= 0.6 is 0 Å². The van der Waals surface area contributed by atoms with Gasteiger partial charge in [0.1, 0.15) is 35.6 Å². The number of anilines is 1. The first-order valence-corrected chi connectivity index (χ1v) is 16.5. The minimum Gasteiger partial charge on any atom is -0.465 e. The molecule has 2 aliphatic heterocycles. The lowest BCUT2D eigenvalue weighted by Crippen LogP contribution is -2.49. The lowest BCUT2D eigenvalue weighted by molar-refractivity contribution is -0.138. The highest BCUT2D eigenvalue weighted by atomic mass is 19.1. The monoisotopic (exact) mass is 689 g/mol. The molecule has 262 valence electrons. The molecule has 3 aromatic rings. The van der Waals surface area contributed by atoms with Gasteiger partial charge in [0.25, 0.3) is 5.91 Å². The molecule has 2 aromatic heterocycles. The topological polar surface area (TPSA) is 174 Å². The van der Waals surface area contributed by atoms with Gasteiger partial charge in [0.05, 0.1) is 30.3 Å². The number of nitrogens with one attached hydrogen (secondary N) is 3. The van der Waals surface area contributed by atoms with Crippen molar-refractivity contribution in [3.63, 3.8) is 0 Å². The Morgan fingerprint density at radius 1 is 1.00 bits per heavy atom. The molecule has 4 heterocycles. The maximum Gasteiger partial charge on any atom is 0.407 e. The van der Waals surface area contributed by atoms with Crippen LogP contribution in [-0.2, 0) is 14.4 Å². The van der Waals surface area contributed by atoms with E-state index in [1.807, 2.05) is 12.2 Å². The summed E-state index contributed by atoms with van der Waals surface area (Å²) in [7, 11) is 0. The summed E-state index contributed by atoms with van der Waals surface area (Å²) >= 11 is 0. The van der Waals surface area contributed by atoms with Crippen molar-refractivity contribution >= 4 is 52.5 Å². The second kappa shape index (κ2) is 14.6. The summed E-state index contributed by atoms with van der Waals surface area (Å²) in [6.07, 6.45) is 4.15. The minimum atomic E-state index is -1.46. The maximum atomic E-state index is 14.7. The molecule has 6 rings (SSSR count). The molecule has 3 aliphatic rings. The number of hydrogen-bond acceptors (Lipinski definition) is 7. The molecule has 5 amide bonds. The number of carboxylic acid groups (broad SMARTS) is 1. The van der Waals surface area contributed by atoms with E-state index in [2.05, 4.69) is 25.9 Å². The molecule has 1 saturated carbocycles. The summed E-state index contributed by atoms with van der Waals surface area (Å²) in [6.45, 7) is 1.11. The lowest BCUT2D eigenvalue weighted by atomic mass is 10.1. The van der Waals surface area contributed by atoms with E-state index in [-0.39, 0.29) is 31.0 Å². The molecule has 3 fully saturated rings. The Morgan fingerprint density at radius 2 is 1.80 bits per heavy atom. The van der Waals surface area contributed by atoms with Gasteiger partial charge in [-0.3, -0.25) is 24.1 Å². The third kappa shape index (κ3) is 7.87. The lowest BCUT2D eigenvalue weighted by Gasteiger charge is -2.26. The van der Waals surface area contributed by atoms with E-state index >= 15 is 0 Å². The number of likely N-dealkylation sites (tertiary alicyclic amines) is 2. The maximum absolute atomic E-state index is 14.7. The van der Waals surface area contributed by atoms with E-state index in [4.69, 9.17) is 0 Å². The SMILES string of the molecule is C[C@@H](NC(=O)[C@@H]1C[C@@H](F)CN1C(=O)CNC(=O)c1ccc2cc(F)ccc2n1)c1nc(NC(=O)[C@@H]2CCCN2C(=O)O)ccc1/C=C/C1CC1. The third-order valence-electron chi connectivity index (χ3n) is 9.11. The van der Waals surface area contributed by atoms with Crippen LogP contribution in [-0.4, -0.2) is 92.5 Å². The fraction of sp³-hybridized carbons (Fsp3) is 0.400. The Morgan fingerprint density at radius 3 is 2.56 bits per heavy atom. The number of aromatic nitrogens is 2. The number of allylic oxidation sites excluding steroid dienone is 1. The predicted molar refractivity (Wildman–Crippen MR) is 178 cm³/mol. The van der Waals surface area contributed by atoms with Crippen LogP contribution in [0.2, 0.25) is 0 Å². The molecule has 4 N–H and O–H groups in total. The predicted octanol–water partition coefficient (Wildman–Crippen LogP) is 3.82. The molecular formula is C35H37F2N7O6. The Balaban J connectivity index is 1.12. The minimum absolute atomic E-state index is 0.00438. The highest BCUT2D eigenvalue weighted by Crippen LogP contribution is 2.32. The zero-order chi connectivity index (χ0) is 35.5. The van der Waals surface area contributed by atoms with Crippen LogP contribution in [0.3, 0.4) is 0 Å². The van der Waals surface area contributed by atoms with Gasteiger partial charge in [0.2, 0.25) is 17.7 Å². The summed E-state index contributed by atoms with van der Waals surface area (Å²) in [5, 5.41) is 18.0. The Labute approximate surface area is 286 Å². The molecule has 2 saturated heterocycles. The number of carbonyl (C=O) groups is 5. The molecule has 15 heteroatoms. The van der Waals surface area contributed by atoms with E-state index in [0.29, 0.717) is 40.9 Å². The number of fused-ring (bicyclic) bond motifs is 1. The van der Waals surface area contributed by atoms with E-state index in [9.17, 15) is 37.9 Å². The summed E-state index contributed by atoms with van der Waals surface area (Å²) in [6, 6.07) is 7.49. The highest BCUT2D eigenvalue weighted by Gasteiger charge is 2.40. The van der Waals surface area contributed by atoms with Crippen molar-refractivity contribution in [3.05, 3.63) is 71.3 Å².